The molecule has 0 radical (unpaired) electrons. The molecule has 0 saturated heterocycles. The maximum atomic E-state index is 10.6. The number of benzene rings is 2. The average molecular weight is 378 g/mol. The van der Waals surface area contributed by atoms with Crippen LogP contribution in [0.1, 0.15) is 11.1 Å². The van der Waals surface area contributed by atoms with E-state index in [0.717, 1.165) is 15.6 Å². The highest BCUT2D eigenvalue weighted by Gasteiger charge is 2.06. The number of hydrogen-bond acceptors (Lipinski definition) is 4. The van der Waals surface area contributed by atoms with Crippen LogP contribution in [0.15, 0.2) is 52.0 Å². The van der Waals surface area contributed by atoms with Gasteiger partial charge in [0.25, 0.3) is 0 Å². The number of urea groups is 1. The fraction of sp³-hybridized carbons (Fsp3) is 0.125. The zero-order chi connectivity index (χ0) is 16.7. The van der Waals surface area contributed by atoms with Crippen molar-refractivity contribution in [3.63, 3.8) is 0 Å². The van der Waals surface area contributed by atoms with Gasteiger partial charge in [-0.15, -0.1) is 0 Å². The summed E-state index contributed by atoms with van der Waals surface area (Å²) in [5.74, 6) is 1.19. The van der Waals surface area contributed by atoms with Crippen molar-refractivity contribution in [2.75, 3.05) is 7.11 Å². The molecule has 23 heavy (non-hydrogen) atoms. The highest BCUT2D eigenvalue weighted by atomic mass is 79.9. The molecular formula is C16H16BrN3O3. The van der Waals surface area contributed by atoms with Crippen LogP contribution in [0.4, 0.5) is 4.79 Å². The lowest BCUT2D eigenvalue weighted by Crippen LogP contribution is -2.24. The summed E-state index contributed by atoms with van der Waals surface area (Å²) in [4.78, 5) is 10.6. The van der Waals surface area contributed by atoms with Gasteiger partial charge in [-0.2, -0.15) is 5.10 Å². The Labute approximate surface area is 142 Å². The number of nitrogens with two attached hydrogens (primary N) is 1. The number of carbonyl (C=O) groups is 1. The number of amides is 2. The quantitative estimate of drug-likeness (QED) is 0.599. The lowest BCUT2D eigenvalue weighted by molar-refractivity contribution is 0.249. The minimum atomic E-state index is -0.720. The van der Waals surface area contributed by atoms with E-state index in [9.17, 15) is 4.79 Å². The van der Waals surface area contributed by atoms with Crippen LogP contribution in [0.2, 0.25) is 0 Å². The van der Waals surface area contributed by atoms with Crippen LogP contribution < -0.4 is 20.6 Å². The van der Waals surface area contributed by atoms with Crippen LogP contribution in [0, 0.1) is 0 Å². The molecule has 0 atom stereocenters. The number of halogens is 1. The van der Waals surface area contributed by atoms with Gasteiger partial charge in [-0.05, 0) is 41.5 Å². The first-order valence-corrected chi connectivity index (χ1v) is 7.51. The van der Waals surface area contributed by atoms with Crippen LogP contribution in [-0.4, -0.2) is 19.4 Å². The Morgan fingerprint density at radius 1 is 1.30 bits per heavy atom. The van der Waals surface area contributed by atoms with Gasteiger partial charge in [0.2, 0.25) is 0 Å². The molecule has 0 bridgehead atoms. The molecule has 120 valence electrons. The van der Waals surface area contributed by atoms with Crippen LogP contribution in [-0.2, 0) is 6.61 Å². The van der Waals surface area contributed by atoms with Crippen LogP contribution >= 0.6 is 15.9 Å². The fourth-order valence-electron chi connectivity index (χ4n) is 1.84. The molecule has 0 aliphatic heterocycles. The van der Waals surface area contributed by atoms with E-state index < -0.39 is 6.03 Å². The summed E-state index contributed by atoms with van der Waals surface area (Å²) in [6, 6.07) is 12.5. The van der Waals surface area contributed by atoms with Crippen molar-refractivity contribution in [3.8, 4) is 11.5 Å². The van der Waals surface area contributed by atoms with Gasteiger partial charge in [0.05, 0.1) is 13.3 Å². The average Bonchev–Trinajstić information content (AvgIpc) is 2.53. The van der Waals surface area contributed by atoms with Crippen molar-refractivity contribution in [2.24, 2.45) is 10.8 Å². The number of carbonyl (C=O) groups excluding carboxylic acids is 1. The van der Waals surface area contributed by atoms with E-state index in [1.54, 1.807) is 25.3 Å². The standard InChI is InChI=1S/C16H16BrN3O3/c1-22-15-8-11(9-19-20-16(18)21)5-6-14(15)23-10-12-3-2-4-13(17)7-12/h2-9H,10H2,1H3,(H3,18,20,21). The van der Waals surface area contributed by atoms with E-state index in [1.165, 1.54) is 6.21 Å². The maximum Gasteiger partial charge on any atom is 0.332 e. The summed E-state index contributed by atoms with van der Waals surface area (Å²) in [6.07, 6.45) is 1.46. The van der Waals surface area contributed by atoms with Gasteiger partial charge in [0.15, 0.2) is 11.5 Å². The molecule has 0 unspecified atom stereocenters. The first-order chi connectivity index (χ1) is 11.1. The zero-order valence-electron chi connectivity index (χ0n) is 12.5. The SMILES string of the molecule is COc1cc(C=NNC(N)=O)ccc1OCc1cccc(Br)c1. The van der Waals surface area contributed by atoms with Gasteiger partial charge in [-0.3, -0.25) is 0 Å². The van der Waals surface area contributed by atoms with Crippen molar-refractivity contribution in [1.82, 2.24) is 5.43 Å². The summed E-state index contributed by atoms with van der Waals surface area (Å²) >= 11 is 3.43. The van der Waals surface area contributed by atoms with E-state index in [1.807, 2.05) is 24.3 Å². The number of methoxy groups -OCH3 is 1. The van der Waals surface area contributed by atoms with Crippen molar-refractivity contribution in [3.05, 3.63) is 58.1 Å². The number of hydrazone groups is 1. The Kier molecular flexibility index (Phi) is 5.99. The molecule has 2 rings (SSSR count). The van der Waals surface area contributed by atoms with Crippen molar-refractivity contribution in [2.45, 2.75) is 6.61 Å². The highest BCUT2D eigenvalue weighted by molar-refractivity contribution is 9.10. The molecule has 0 spiro atoms. The first kappa shape index (κ1) is 16.8. The van der Waals surface area contributed by atoms with Crippen molar-refractivity contribution in [1.29, 1.82) is 0 Å². The first-order valence-electron chi connectivity index (χ1n) is 6.72. The zero-order valence-corrected chi connectivity index (χ0v) is 14.0. The topological polar surface area (TPSA) is 85.9 Å². The lowest BCUT2D eigenvalue weighted by Gasteiger charge is -2.11. The van der Waals surface area contributed by atoms with E-state index in [2.05, 4.69) is 26.5 Å². The minimum absolute atomic E-state index is 0.423. The van der Waals surface area contributed by atoms with Gasteiger partial charge in [-0.1, -0.05) is 28.1 Å². The molecule has 0 aliphatic rings. The third-order valence-corrected chi connectivity index (χ3v) is 3.35. The fourth-order valence-corrected chi connectivity index (χ4v) is 2.29. The van der Waals surface area contributed by atoms with Crippen LogP contribution in [0.5, 0.6) is 11.5 Å². The Hall–Kier alpha value is -2.54. The summed E-state index contributed by atoms with van der Waals surface area (Å²) in [6.45, 7) is 0.423. The van der Waals surface area contributed by atoms with Crippen LogP contribution in [0.25, 0.3) is 0 Å². The molecule has 2 aromatic carbocycles. The number of nitrogens with one attached hydrogen (secondary N) is 1. The number of ether oxygens (including phenoxy) is 2. The third-order valence-electron chi connectivity index (χ3n) is 2.86. The van der Waals surface area contributed by atoms with E-state index >= 15 is 0 Å². The second kappa shape index (κ2) is 8.19. The molecule has 2 amide bonds. The minimum Gasteiger partial charge on any atom is -0.493 e. The molecule has 0 saturated carbocycles. The Balaban J connectivity index is 2.07. The summed E-state index contributed by atoms with van der Waals surface area (Å²) in [7, 11) is 1.56. The molecule has 0 aliphatic carbocycles. The predicted molar refractivity (Wildman–Crippen MR) is 91.8 cm³/mol. The van der Waals surface area contributed by atoms with Gasteiger partial charge in [0.1, 0.15) is 6.61 Å². The smallest absolute Gasteiger partial charge is 0.332 e. The number of hydrogen-bond donors (Lipinski definition) is 2. The Bertz CT molecular complexity index is 719. The second-order valence-corrected chi connectivity index (χ2v) is 5.48. The molecule has 7 heteroatoms. The number of rotatable bonds is 6. The number of primary amides is 1. The van der Waals surface area contributed by atoms with E-state index in [4.69, 9.17) is 15.2 Å². The van der Waals surface area contributed by atoms with Crippen LogP contribution in [0.3, 0.4) is 0 Å². The van der Waals surface area contributed by atoms with Crippen molar-refractivity contribution < 1.29 is 14.3 Å². The second-order valence-electron chi connectivity index (χ2n) is 4.56. The largest absolute Gasteiger partial charge is 0.493 e. The molecule has 2 aromatic rings. The normalized spacial score (nSPS) is 10.5. The van der Waals surface area contributed by atoms with E-state index in [-0.39, 0.29) is 0 Å². The molecular weight excluding hydrogens is 362 g/mol. The molecule has 6 nitrogen and oxygen atoms in total. The molecule has 3 N–H and O–H groups in total. The van der Waals surface area contributed by atoms with Crippen molar-refractivity contribution >= 4 is 28.2 Å². The van der Waals surface area contributed by atoms with Gasteiger partial charge in [0, 0.05) is 4.47 Å². The summed E-state index contributed by atoms with van der Waals surface area (Å²) in [5, 5.41) is 3.70. The van der Waals surface area contributed by atoms with E-state index in [0.29, 0.717) is 18.1 Å². The molecule has 0 heterocycles. The lowest BCUT2D eigenvalue weighted by atomic mass is 10.2. The maximum absolute atomic E-state index is 10.6. The number of nitrogens with zero attached hydrogens (tertiary/aromatic N) is 1. The molecule has 0 fully saturated rings. The predicted octanol–water partition coefficient (Wildman–Crippen LogP) is 3.04. The van der Waals surface area contributed by atoms with Gasteiger partial charge >= 0.3 is 6.03 Å². The van der Waals surface area contributed by atoms with Gasteiger partial charge < -0.3 is 15.2 Å². The Morgan fingerprint density at radius 3 is 2.83 bits per heavy atom. The summed E-state index contributed by atoms with van der Waals surface area (Å²) in [5.41, 5.74) is 8.84. The Morgan fingerprint density at radius 2 is 2.13 bits per heavy atom. The van der Waals surface area contributed by atoms with Gasteiger partial charge in [-0.25, -0.2) is 10.2 Å². The highest BCUT2D eigenvalue weighted by Crippen LogP contribution is 2.28. The summed E-state index contributed by atoms with van der Waals surface area (Å²) < 4.78 is 12.1. The molecule has 0 aromatic heterocycles. The third kappa shape index (κ3) is 5.30. The monoisotopic (exact) mass is 377 g/mol.